The number of nitrogens with zero attached hydrogens (tertiary/aromatic N) is 1. The van der Waals surface area contributed by atoms with Gasteiger partial charge in [0.1, 0.15) is 4.60 Å². The molecular weight excluding hydrogens is 253 g/mol. The number of carbonyl (C=O) groups excluding carboxylic acids is 1. The van der Waals surface area contributed by atoms with Crippen LogP contribution in [0.15, 0.2) is 16.7 Å². The highest BCUT2D eigenvalue weighted by Crippen LogP contribution is 2.11. The molecule has 0 N–H and O–H groups in total. The van der Waals surface area contributed by atoms with Crippen molar-refractivity contribution in [3.63, 3.8) is 0 Å². The monoisotopic (exact) mass is 261 g/mol. The highest BCUT2D eigenvalue weighted by Gasteiger charge is 2.06. The van der Waals surface area contributed by atoms with Crippen LogP contribution in [0, 0.1) is 5.95 Å². The average molecular weight is 262 g/mol. The SMILES string of the molecule is CCOC(=O)Cc1cc(F)nc(Br)c1. The Morgan fingerprint density at radius 1 is 1.64 bits per heavy atom. The van der Waals surface area contributed by atoms with Gasteiger partial charge in [-0.2, -0.15) is 4.39 Å². The molecule has 0 bridgehead atoms. The predicted molar refractivity (Wildman–Crippen MR) is 52.2 cm³/mol. The Morgan fingerprint density at radius 2 is 2.36 bits per heavy atom. The number of rotatable bonds is 3. The molecule has 1 rings (SSSR count). The lowest BCUT2D eigenvalue weighted by Crippen LogP contribution is -2.08. The Balaban J connectivity index is 2.71. The van der Waals surface area contributed by atoms with Gasteiger partial charge in [0.15, 0.2) is 0 Å². The molecule has 14 heavy (non-hydrogen) atoms. The van der Waals surface area contributed by atoms with Crippen molar-refractivity contribution in [3.8, 4) is 0 Å². The van der Waals surface area contributed by atoms with Crippen molar-refractivity contribution in [2.45, 2.75) is 13.3 Å². The summed E-state index contributed by atoms with van der Waals surface area (Å²) in [4.78, 5) is 14.5. The van der Waals surface area contributed by atoms with Gasteiger partial charge in [0.25, 0.3) is 0 Å². The van der Waals surface area contributed by atoms with E-state index in [1.165, 1.54) is 6.07 Å². The van der Waals surface area contributed by atoms with Crippen LogP contribution in [0.4, 0.5) is 4.39 Å². The third-order valence-corrected chi connectivity index (χ3v) is 1.88. The van der Waals surface area contributed by atoms with Crippen LogP contribution in [-0.4, -0.2) is 17.6 Å². The highest BCUT2D eigenvalue weighted by atomic mass is 79.9. The zero-order valence-electron chi connectivity index (χ0n) is 7.59. The minimum Gasteiger partial charge on any atom is -0.466 e. The lowest BCUT2D eigenvalue weighted by atomic mass is 10.2. The quantitative estimate of drug-likeness (QED) is 0.618. The first-order chi connectivity index (χ1) is 6.61. The second-order valence-electron chi connectivity index (χ2n) is 2.60. The highest BCUT2D eigenvalue weighted by molar-refractivity contribution is 9.10. The Bertz CT molecular complexity index is 323. The third-order valence-electron chi connectivity index (χ3n) is 1.48. The minimum absolute atomic E-state index is 0.0614. The van der Waals surface area contributed by atoms with Crippen LogP contribution in [0.3, 0.4) is 0 Å². The number of halogens is 2. The Morgan fingerprint density at radius 3 is 2.93 bits per heavy atom. The Labute approximate surface area is 89.4 Å². The number of carbonyl (C=O) groups is 1. The molecule has 1 heterocycles. The fourth-order valence-electron chi connectivity index (χ4n) is 0.995. The van der Waals surface area contributed by atoms with E-state index in [1.54, 1.807) is 13.0 Å². The molecule has 1 aromatic rings. The first-order valence-electron chi connectivity index (χ1n) is 4.09. The van der Waals surface area contributed by atoms with Gasteiger partial charge in [-0.3, -0.25) is 4.79 Å². The second kappa shape index (κ2) is 5.05. The van der Waals surface area contributed by atoms with Crippen molar-refractivity contribution < 1.29 is 13.9 Å². The van der Waals surface area contributed by atoms with E-state index >= 15 is 0 Å². The summed E-state index contributed by atoms with van der Waals surface area (Å²) in [5, 5.41) is 0. The maximum atomic E-state index is 12.8. The van der Waals surface area contributed by atoms with Gasteiger partial charge in [-0.15, -0.1) is 0 Å². The van der Waals surface area contributed by atoms with E-state index in [0.717, 1.165) is 0 Å². The van der Waals surface area contributed by atoms with Crippen molar-refractivity contribution >= 4 is 21.9 Å². The van der Waals surface area contributed by atoms with Gasteiger partial charge in [-0.1, -0.05) is 0 Å². The molecule has 0 aliphatic rings. The maximum absolute atomic E-state index is 12.8. The molecule has 0 saturated carbocycles. The standard InChI is InChI=1S/C9H9BrFNO2/c1-2-14-9(13)5-6-3-7(10)12-8(11)4-6/h3-4H,2,5H2,1H3. The first kappa shape index (κ1) is 11.1. The van der Waals surface area contributed by atoms with E-state index in [-0.39, 0.29) is 12.4 Å². The summed E-state index contributed by atoms with van der Waals surface area (Å²) < 4.78 is 17.9. The molecule has 3 nitrogen and oxygen atoms in total. The first-order valence-corrected chi connectivity index (χ1v) is 4.88. The topological polar surface area (TPSA) is 39.2 Å². The van der Waals surface area contributed by atoms with Gasteiger partial charge in [0.2, 0.25) is 5.95 Å². The minimum atomic E-state index is -0.612. The van der Waals surface area contributed by atoms with Crippen LogP contribution in [0.5, 0.6) is 0 Å². The number of aromatic nitrogens is 1. The largest absolute Gasteiger partial charge is 0.466 e. The average Bonchev–Trinajstić information content (AvgIpc) is 2.01. The maximum Gasteiger partial charge on any atom is 0.310 e. The fourth-order valence-corrected chi connectivity index (χ4v) is 1.46. The Hall–Kier alpha value is -0.970. The third kappa shape index (κ3) is 3.41. The molecule has 0 aliphatic carbocycles. The molecule has 0 aliphatic heterocycles. The van der Waals surface area contributed by atoms with Crippen molar-refractivity contribution in [1.82, 2.24) is 4.98 Å². The van der Waals surface area contributed by atoms with E-state index in [1.807, 2.05) is 0 Å². The lowest BCUT2D eigenvalue weighted by molar-refractivity contribution is -0.142. The number of hydrogen-bond donors (Lipinski definition) is 0. The molecule has 0 saturated heterocycles. The van der Waals surface area contributed by atoms with Crippen LogP contribution in [-0.2, 0) is 16.0 Å². The van der Waals surface area contributed by atoms with Crippen LogP contribution >= 0.6 is 15.9 Å². The molecule has 0 atom stereocenters. The summed E-state index contributed by atoms with van der Waals surface area (Å²) >= 11 is 3.04. The summed E-state index contributed by atoms with van der Waals surface area (Å²) in [5.74, 6) is -0.983. The van der Waals surface area contributed by atoms with Crippen LogP contribution < -0.4 is 0 Å². The number of ether oxygens (including phenoxy) is 1. The second-order valence-corrected chi connectivity index (χ2v) is 3.42. The molecule has 0 fully saturated rings. The molecule has 76 valence electrons. The number of hydrogen-bond acceptors (Lipinski definition) is 3. The van der Waals surface area contributed by atoms with Crippen molar-refractivity contribution in [1.29, 1.82) is 0 Å². The lowest BCUT2D eigenvalue weighted by Gasteiger charge is -2.02. The van der Waals surface area contributed by atoms with Crippen molar-refractivity contribution in [2.24, 2.45) is 0 Å². The van der Waals surface area contributed by atoms with Gasteiger partial charge in [0.05, 0.1) is 13.0 Å². The zero-order chi connectivity index (χ0) is 10.6. The predicted octanol–water partition coefficient (Wildman–Crippen LogP) is 2.09. The molecule has 1 aromatic heterocycles. The van der Waals surface area contributed by atoms with E-state index in [0.29, 0.717) is 16.8 Å². The van der Waals surface area contributed by atoms with Gasteiger partial charge in [-0.25, -0.2) is 4.98 Å². The zero-order valence-corrected chi connectivity index (χ0v) is 9.17. The molecule has 0 unspecified atom stereocenters. The Kier molecular flexibility index (Phi) is 4.00. The molecule has 0 spiro atoms. The molecule has 0 aromatic carbocycles. The number of pyridine rings is 1. The van der Waals surface area contributed by atoms with Gasteiger partial charge < -0.3 is 4.74 Å². The fraction of sp³-hybridized carbons (Fsp3) is 0.333. The summed E-state index contributed by atoms with van der Waals surface area (Å²) in [6.45, 7) is 2.05. The van der Waals surface area contributed by atoms with E-state index < -0.39 is 5.95 Å². The van der Waals surface area contributed by atoms with Crippen LogP contribution in [0.1, 0.15) is 12.5 Å². The van der Waals surface area contributed by atoms with Gasteiger partial charge in [0, 0.05) is 0 Å². The molecule has 5 heteroatoms. The van der Waals surface area contributed by atoms with Crippen LogP contribution in [0.2, 0.25) is 0 Å². The smallest absolute Gasteiger partial charge is 0.310 e. The summed E-state index contributed by atoms with van der Waals surface area (Å²) in [5.41, 5.74) is 0.544. The van der Waals surface area contributed by atoms with Crippen molar-refractivity contribution in [3.05, 3.63) is 28.2 Å². The van der Waals surface area contributed by atoms with Crippen LogP contribution in [0.25, 0.3) is 0 Å². The van der Waals surface area contributed by atoms with E-state index in [4.69, 9.17) is 4.74 Å². The van der Waals surface area contributed by atoms with Gasteiger partial charge in [-0.05, 0) is 40.5 Å². The molecular formula is C9H9BrFNO2. The van der Waals surface area contributed by atoms with Crippen molar-refractivity contribution in [2.75, 3.05) is 6.61 Å². The molecule has 0 radical (unpaired) electrons. The summed E-state index contributed by atoms with van der Waals surface area (Å²) in [6, 6.07) is 2.79. The van der Waals surface area contributed by atoms with E-state index in [2.05, 4.69) is 20.9 Å². The number of esters is 1. The van der Waals surface area contributed by atoms with E-state index in [9.17, 15) is 9.18 Å². The molecule has 0 amide bonds. The summed E-state index contributed by atoms with van der Waals surface area (Å²) in [7, 11) is 0. The van der Waals surface area contributed by atoms with Gasteiger partial charge >= 0.3 is 5.97 Å². The normalized spacial score (nSPS) is 9.93. The summed E-state index contributed by atoms with van der Waals surface area (Å²) in [6.07, 6.45) is 0.0614.